The van der Waals surface area contributed by atoms with Crippen LogP contribution in [-0.2, 0) is 4.79 Å². The Balaban J connectivity index is 1.83. The zero-order valence-corrected chi connectivity index (χ0v) is 13.5. The van der Waals surface area contributed by atoms with E-state index >= 15 is 0 Å². The van der Waals surface area contributed by atoms with Crippen molar-refractivity contribution in [3.63, 3.8) is 0 Å². The fourth-order valence-electron chi connectivity index (χ4n) is 3.36. The number of carbonyl (C=O) groups is 1. The fraction of sp³-hybridized carbons (Fsp3) is 0.529. The van der Waals surface area contributed by atoms with E-state index in [9.17, 15) is 23.1 Å². The maximum atomic E-state index is 13.7. The van der Waals surface area contributed by atoms with Crippen LogP contribution in [-0.4, -0.2) is 40.2 Å². The Labute approximate surface area is 143 Å². The molecule has 0 aromatic heterocycles. The van der Waals surface area contributed by atoms with Crippen LogP contribution in [0.5, 0.6) is 5.75 Å². The summed E-state index contributed by atoms with van der Waals surface area (Å²) in [6, 6.07) is 8.28. The number of rotatable bonds is 3. The molecular weight excluding hydrogens is 337 g/mol. The third kappa shape index (κ3) is 3.22. The zero-order chi connectivity index (χ0) is 18.1. The number of fused-ring (bicyclic) bond motifs is 1. The summed E-state index contributed by atoms with van der Waals surface area (Å²) in [6.45, 7) is -0.633. The lowest BCUT2D eigenvalue weighted by Crippen LogP contribution is -2.61. The highest BCUT2D eigenvalue weighted by molar-refractivity contribution is 5.93. The molecule has 1 aromatic rings. The standard InChI is InChI=1S/C17H19F3N2O3/c18-17(19,20)16(24)13-9-5-2-6-10-14(13)21-22(16)15(23)11-25-12-7-3-1-4-8-12/h1,3-4,7-8,13,24H,2,5-6,9-11H2/t13-,16+/m0/s1. The molecule has 3 rings (SSSR count). The summed E-state index contributed by atoms with van der Waals surface area (Å²) in [5.74, 6) is -1.88. The van der Waals surface area contributed by atoms with Gasteiger partial charge in [-0.05, 0) is 31.4 Å². The van der Waals surface area contributed by atoms with Crippen LogP contribution in [0.25, 0.3) is 0 Å². The van der Waals surface area contributed by atoms with Crippen LogP contribution in [0.4, 0.5) is 13.2 Å². The van der Waals surface area contributed by atoms with Gasteiger partial charge in [-0.15, -0.1) is 0 Å². The van der Waals surface area contributed by atoms with Crippen LogP contribution in [0, 0.1) is 5.92 Å². The van der Waals surface area contributed by atoms with Crippen LogP contribution >= 0.6 is 0 Å². The van der Waals surface area contributed by atoms with Crippen LogP contribution in [0.2, 0.25) is 0 Å². The van der Waals surface area contributed by atoms with Gasteiger partial charge in [-0.2, -0.15) is 23.3 Å². The Morgan fingerprint density at radius 1 is 1.28 bits per heavy atom. The number of aliphatic hydroxyl groups is 1. The van der Waals surface area contributed by atoms with Gasteiger partial charge in [0.25, 0.3) is 11.6 Å². The average Bonchev–Trinajstić information content (AvgIpc) is 2.74. The molecule has 25 heavy (non-hydrogen) atoms. The molecule has 1 aromatic carbocycles. The highest BCUT2D eigenvalue weighted by Crippen LogP contribution is 2.47. The molecule has 0 saturated heterocycles. The van der Waals surface area contributed by atoms with Crippen molar-refractivity contribution in [3.8, 4) is 5.75 Å². The Morgan fingerprint density at radius 3 is 2.68 bits per heavy atom. The summed E-state index contributed by atoms with van der Waals surface area (Å²) in [5.41, 5.74) is -3.06. The Hall–Kier alpha value is -2.09. The second-order valence-electron chi connectivity index (χ2n) is 6.27. The summed E-state index contributed by atoms with van der Waals surface area (Å²) in [4.78, 5) is 12.3. The number of hydrogen-bond acceptors (Lipinski definition) is 4. The second-order valence-corrected chi connectivity index (χ2v) is 6.27. The second kappa shape index (κ2) is 6.67. The van der Waals surface area contributed by atoms with E-state index < -0.39 is 30.3 Å². The summed E-state index contributed by atoms with van der Waals surface area (Å²) < 4.78 is 46.2. The first kappa shape index (κ1) is 17.7. The van der Waals surface area contributed by atoms with E-state index in [1.54, 1.807) is 30.3 Å². The van der Waals surface area contributed by atoms with Crippen molar-refractivity contribution in [2.24, 2.45) is 11.0 Å². The van der Waals surface area contributed by atoms with E-state index in [1.165, 1.54) is 0 Å². The summed E-state index contributed by atoms with van der Waals surface area (Å²) >= 11 is 0. The normalized spacial score (nSPS) is 26.6. The van der Waals surface area contributed by atoms with Gasteiger partial charge in [0.05, 0.1) is 5.92 Å². The van der Waals surface area contributed by atoms with Gasteiger partial charge in [-0.25, -0.2) is 0 Å². The molecule has 1 heterocycles. The summed E-state index contributed by atoms with van der Waals surface area (Å²) in [7, 11) is 0. The molecule has 0 bridgehead atoms. The lowest BCUT2D eigenvalue weighted by molar-refractivity contribution is -0.317. The first-order chi connectivity index (χ1) is 11.8. The minimum Gasteiger partial charge on any atom is -0.484 e. The third-order valence-corrected chi connectivity index (χ3v) is 4.62. The monoisotopic (exact) mass is 356 g/mol. The van der Waals surface area contributed by atoms with Gasteiger partial charge in [0, 0.05) is 5.71 Å². The smallest absolute Gasteiger partial charge is 0.439 e. The molecule has 5 nitrogen and oxygen atoms in total. The molecule has 2 atom stereocenters. The van der Waals surface area contributed by atoms with Crippen molar-refractivity contribution in [2.75, 3.05) is 6.61 Å². The molecule has 0 unspecified atom stereocenters. The summed E-state index contributed by atoms with van der Waals surface area (Å²) in [6.07, 6.45) is -2.45. The molecule has 1 fully saturated rings. The van der Waals surface area contributed by atoms with Gasteiger partial charge >= 0.3 is 6.18 Å². The predicted molar refractivity (Wildman–Crippen MR) is 83.8 cm³/mol. The number of hydrogen-bond donors (Lipinski definition) is 1. The predicted octanol–water partition coefficient (Wildman–Crippen LogP) is 3.09. The number of nitrogens with zero attached hydrogens (tertiary/aromatic N) is 2. The van der Waals surface area contributed by atoms with E-state index in [0.717, 1.165) is 6.42 Å². The molecule has 2 aliphatic rings. The number of para-hydroxylation sites is 1. The van der Waals surface area contributed by atoms with Crippen molar-refractivity contribution < 1.29 is 27.8 Å². The quantitative estimate of drug-likeness (QED) is 0.905. The SMILES string of the molecule is O=C(COc1ccccc1)N1N=C2CCCCC[C@@H]2[C@@]1(O)C(F)(F)F. The molecule has 0 spiro atoms. The van der Waals surface area contributed by atoms with Gasteiger partial charge < -0.3 is 9.84 Å². The first-order valence-electron chi connectivity index (χ1n) is 8.21. The Kier molecular flexibility index (Phi) is 4.73. The molecule has 1 aliphatic heterocycles. The number of ether oxygens (including phenoxy) is 1. The van der Waals surface area contributed by atoms with Crippen LogP contribution < -0.4 is 4.74 Å². The number of hydrazone groups is 1. The zero-order valence-electron chi connectivity index (χ0n) is 13.5. The lowest BCUT2D eigenvalue weighted by Gasteiger charge is -2.37. The fourth-order valence-corrected chi connectivity index (χ4v) is 3.36. The van der Waals surface area contributed by atoms with E-state index in [4.69, 9.17) is 4.74 Å². The van der Waals surface area contributed by atoms with Gasteiger partial charge in [0.1, 0.15) is 5.75 Å². The van der Waals surface area contributed by atoms with Crippen molar-refractivity contribution in [3.05, 3.63) is 30.3 Å². The van der Waals surface area contributed by atoms with E-state index in [2.05, 4.69) is 5.10 Å². The molecular formula is C17H19F3N2O3. The molecule has 136 valence electrons. The highest BCUT2D eigenvalue weighted by atomic mass is 19.4. The molecule has 1 saturated carbocycles. The van der Waals surface area contributed by atoms with E-state index in [0.29, 0.717) is 25.0 Å². The van der Waals surface area contributed by atoms with Crippen molar-refractivity contribution in [1.82, 2.24) is 5.01 Å². The number of halogens is 3. The van der Waals surface area contributed by atoms with Gasteiger partial charge in [0.15, 0.2) is 6.61 Å². The summed E-state index contributed by atoms with van der Waals surface area (Å²) in [5, 5.41) is 14.5. The number of amides is 1. The average molecular weight is 356 g/mol. The molecule has 1 aliphatic carbocycles. The molecule has 0 radical (unpaired) electrons. The van der Waals surface area contributed by atoms with Gasteiger partial charge in [-0.1, -0.05) is 31.0 Å². The van der Waals surface area contributed by atoms with Gasteiger partial charge in [-0.3, -0.25) is 4.79 Å². The van der Waals surface area contributed by atoms with E-state index in [-0.39, 0.29) is 17.1 Å². The molecule has 8 heteroatoms. The minimum atomic E-state index is -5.00. The first-order valence-corrected chi connectivity index (χ1v) is 8.21. The lowest BCUT2D eigenvalue weighted by atomic mass is 9.87. The maximum absolute atomic E-state index is 13.7. The topological polar surface area (TPSA) is 62.1 Å². The van der Waals surface area contributed by atoms with Crippen molar-refractivity contribution in [1.29, 1.82) is 0 Å². The molecule has 1 N–H and O–H groups in total. The van der Waals surface area contributed by atoms with Crippen LogP contribution in [0.3, 0.4) is 0 Å². The number of benzene rings is 1. The Morgan fingerprint density at radius 2 is 2.00 bits per heavy atom. The van der Waals surface area contributed by atoms with Crippen LogP contribution in [0.1, 0.15) is 32.1 Å². The number of carbonyl (C=O) groups excluding carboxylic acids is 1. The minimum absolute atomic E-state index is 0.151. The maximum Gasteiger partial charge on any atom is 0.439 e. The number of alkyl halides is 3. The van der Waals surface area contributed by atoms with Gasteiger partial charge in [0.2, 0.25) is 0 Å². The van der Waals surface area contributed by atoms with Crippen molar-refractivity contribution in [2.45, 2.75) is 44.0 Å². The van der Waals surface area contributed by atoms with Crippen LogP contribution in [0.15, 0.2) is 35.4 Å². The highest BCUT2D eigenvalue weighted by Gasteiger charge is 2.68. The third-order valence-electron chi connectivity index (χ3n) is 4.62. The molecule has 1 amide bonds. The van der Waals surface area contributed by atoms with E-state index in [1.807, 2.05) is 0 Å². The Bertz CT molecular complexity index is 663. The largest absolute Gasteiger partial charge is 0.484 e. The van der Waals surface area contributed by atoms with Crippen molar-refractivity contribution >= 4 is 11.6 Å².